The summed E-state index contributed by atoms with van der Waals surface area (Å²) in [5, 5.41) is 9.50. The normalized spacial score (nSPS) is 22.7. The smallest absolute Gasteiger partial charge is 0.320 e. The van der Waals surface area contributed by atoms with E-state index in [4.69, 9.17) is 4.74 Å². The van der Waals surface area contributed by atoms with Crippen molar-refractivity contribution in [1.82, 2.24) is 9.80 Å². The van der Waals surface area contributed by atoms with Gasteiger partial charge in [-0.15, -0.1) is 0 Å². The van der Waals surface area contributed by atoms with Crippen LogP contribution in [0, 0.1) is 5.41 Å². The molecule has 2 fully saturated rings. The number of piperidine rings is 1. The molecular weight excluding hydrogens is 272 g/mol. The van der Waals surface area contributed by atoms with Crippen LogP contribution in [0.4, 0.5) is 4.79 Å². The number of hydrogen-bond donors (Lipinski definition) is 1. The number of carboxylic acids is 1. The van der Waals surface area contributed by atoms with Gasteiger partial charge in [0.2, 0.25) is 0 Å². The number of nitrogens with zero attached hydrogens (tertiary/aromatic N) is 2. The maximum atomic E-state index is 12.5. The van der Waals surface area contributed by atoms with Crippen molar-refractivity contribution in [2.24, 2.45) is 5.41 Å². The molecule has 0 unspecified atom stereocenters. The van der Waals surface area contributed by atoms with Gasteiger partial charge < -0.3 is 19.6 Å². The zero-order valence-corrected chi connectivity index (χ0v) is 12.8. The van der Waals surface area contributed by atoms with Crippen LogP contribution in [0.1, 0.15) is 39.0 Å². The Hall–Kier alpha value is -1.30. The molecule has 2 aliphatic rings. The number of likely N-dealkylation sites (tertiary alicyclic amines) is 1. The molecule has 0 atom stereocenters. The Kier molecular flexibility index (Phi) is 5.45. The van der Waals surface area contributed by atoms with Crippen LogP contribution in [-0.4, -0.2) is 66.3 Å². The first-order valence-electron chi connectivity index (χ1n) is 7.94. The predicted molar refractivity (Wildman–Crippen MR) is 78.2 cm³/mol. The van der Waals surface area contributed by atoms with E-state index < -0.39 is 11.4 Å². The third-order valence-corrected chi connectivity index (χ3v) is 4.67. The molecule has 0 saturated carbocycles. The summed E-state index contributed by atoms with van der Waals surface area (Å²) in [5.74, 6) is -0.709. The third kappa shape index (κ3) is 3.67. The highest BCUT2D eigenvalue weighted by atomic mass is 16.5. The van der Waals surface area contributed by atoms with Crippen molar-refractivity contribution in [3.63, 3.8) is 0 Å². The number of carbonyl (C=O) groups excluding carboxylic acids is 1. The second kappa shape index (κ2) is 7.11. The summed E-state index contributed by atoms with van der Waals surface area (Å²) in [6, 6.07) is 0.0380. The number of amides is 2. The van der Waals surface area contributed by atoms with Crippen molar-refractivity contribution in [1.29, 1.82) is 0 Å². The lowest BCUT2D eigenvalue weighted by Gasteiger charge is -2.40. The van der Waals surface area contributed by atoms with Crippen LogP contribution in [0.3, 0.4) is 0 Å². The molecule has 2 saturated heterocycles. The molecule has 21 heavy (non-hydrogen) atoms. The van der Waals surface area contributed by atoms with Crippen LogP contribution < -0.4 is 0 Å². The van der Waals surface area contributed by atoms with Gasteiger partial charge in [0.05, 0.1) is 12.0 Å². The Balaban J connectivity index is 1.93. The Bertz CT molecular complexity index is 370. The third-order valence-electron chi connectivity index (χ3n) is 4.67. The summed E-state index contributed by atoms with van der Waals surface area (Å²) in [4.78, 5) is 27.7. The Labute approximate surface area is 126 Å². The number of ether oxygens (including phenoxy) is 1. The summed E-state index contributed by atoms with van der Waals surface area (Å²) < 4.78 is 5.37. The molecule has 2 rings (SSSR count). The Morgan fingerprint density at radius 3 is 2.38 bits per heavy atom. The first-order valence-corrected chi connectivity index (χ1v) is 7.94. The molecule has 0 aliphatic carbocycles. The minimum atomic E-state index is -0.709. The lowest BCUT2D eigenvalue weighted by molar-refractivity contribution is -0.152. The molecule has 0 radical (unpaired) electrons. The van der Waals surface area contributed by atoms with E-state index in [1.165, 1.54) is 0 Å². The zero-order valence-electron chi connectivity index (χ0n) is 12.8. The number of hydrogen-bond acceptors (Lipinski definition) is 3. The lowest BCUT2D eigenvalue weighted by atomic mass is 9.75. The van der Waals surface area contributed by atoms with Gasteiger partial charge in [-0.25, -0.2) is 4.79 Å². The van der Waals surface area contributed by atoms with Gasteiger partial charge in [-0.2, -0.15) is 0 Å². The molecule has 0 bridgehead atoms. The molecule has 2 aliphatic heterocycles. The first kappa shape index (κ1) is 16.1. The van der Waals surface area contributed by atoms with E-state index in [-0.39, 0.29) is 6.03 Å². The van der Waals surface area contributed by atoms with Crippen LogP contribution >= 0.6 is 0 Å². The molecule has 6 heteroatoms. The van der Waals surface area contributed by atoms with Gasteiger partial charge in [0, 0.05) is 32.8 Å². The van der Waals surface area contributed by atoms with Crippen molar-refractivity contribution in [2.45, 2.75) is 39.0 Å². The molecule has 0 aromatic rings. The zero-order chi connectivity index (χ0) is 15.3. The van der Waals surface area contributed by atoms with Gasteiger partial charge in [0.15, 0.2) is 0 Å². The number of aliphatic carboxylic acids is 1. The van der Waals surface area contributed by atoms with Gasteiger partial charge in [0.25, 0.3) is 0 Å². The summed E-state index contributed by atoms with van der Waals surface area (Å²) in [5.41, 5.74) is -0.632. The summed E-state index contributed by atoms with van der Waals surface area (Å²) in [6.45, 7) is 5.77. The van der Waals surface area contributed by atoms with Crippen molar-refractivity contribution in [3.05, 3.63) is 0 Å². The SMILES string of the molecule is CCCC1(C(=O)O)CCN(C(=O)N2CCCOCC2)CC1. The number of rotatable bonds is 3. The average Bonchev–Trinajstić information content (AvgIpc) is 2.76. The van der Waals surface area contributed by atoms with Crippen molar-refractivity contribution >= 4 is 12.0 Å². The molecule has 0 aromatic carbocycles. The second-order valence-electron chi connectivity index (χ2n) is 6.06. The summed E-state index contributed by atoms with van der Waals surface area (Å²) in [7, 11) is 0. The number of urea groups is 1. The monoisotopic (exact) mass is 298 g/mol. The quantitative estimate of drug-likeness (QED) is 0.862. The van der Waals surface area contributed by atoms with Crippen LogP contribution in [-0.2, 0) is 9.53 Å². The maximum Gasteiger partial charge on any atom is 0.320 e. The van der Waals surface area contributed by atoms with E-state index in [2.05, 4.69) is 0 Å². The van der Waals surface area contributed by atoms with Gasteiger partial charge in [-0.05, 0) is 25.7 Å². The van der Waals surface area contributed by atoms with E-state index in [0.29, 0.717) is 52.1 Å². The number of carboxylic acid groups (broad SMARTS) is 1. The van der Waals surface area contributed by atoms with Crippen molar-refractivity contribution in [2.75, 3.05) is 39.4 Å². The molecule has 0 spiro atoms. The van der Waals surface area contributed by atoms with Crippen LogP contribution in [0.2, 0.25) is 0 Å². The molecule has 2 heterocycles. The van der Waals surface area contributed by atoms with Crippen LogP contribution in [0.15, 0.2) is 0 Å². The minimum absolute atomic E-state index is 0.0380. The second-order valence-corrected chi connectivity index (χ2v) is 6.06. The topological polar surface area (TPSA) is 70.1 Å². The standard InChI is InChI=1S/C15H26N2O4/c1-2-4-15(13(18)19)5-8-17(9-6-15)14(20)16-7-3-11-21-12-10-16/h2-12H2,1H3,(H,18,19). The van der Waals surface area contributed by atoms with E-state index >= 15 is 0 Å². The molecule has 120 valence electrons. The molecule has 2 amide bonds. The summed E-state index contributed by atoms with van der Waals surface area (Å²) in [6.07, 6.45) is 3.55. The van der Waals surface area contributed by atoms with Gasteiger partial charge in [-0.1, -0.05) is 13.3 Å². The van der Waals surface area contributed by atoms with E-state index in [1.54, 1.807) is 0 Å². The fourth-order valence-electron chi connectivity index (χ4n) is 3.31. The average molecular weight is 298 g/mol. The van der Waals surface area contributed by atoms with E-state index in [9.17, 15) is 14.7 Å². The van der Waals surface area contributed by atoms with E-state index in [0.717, 1.165) is 19.4 Å². The minimum Gasteiger partial charge on any atom is -0.481 e. The maximum absolute atomic E-state index is 12.5. The Morgan fingerprint density at radius 2 is 1.76 bits per heavy atom. The van der Waals surface area contributed by atoms with Crippen molar-refractivity contribution < 1.29 is 19.4 Å². The fourth-order valence-corrected chi connectivity index (χ4v) is 3.31. The van der Waals surface area contributed by atoms with Gasteiger partial charge in [-0.3, -0.25) is 4.79 Å². The highest BCUT2D eigenvalue weighted by molar-refractivity contribution is 5.77. The van der Waals surface area contributed by atoms with Gasteiger partial charge >= 0.3 is 12.0 Å². The highest BCUT2D eigenvalue weighted by Gasteiger charge is 2.42. The number of carbonyl (C=O) groups is 2. The van der Waals surface area contributed by atoms with Crippen LogP contribution in [0.25, 0.3) is 0 Å². The molecule has 6 nitrogen and oxygen atoms in total. The van der Waals surface area contributed by atoms with Crippen LogP contribution in [0.5, 0.6) is 0 Å². The highest BCUT2D eigenvalue weighted by Crippen LogP contribution is 2.36. The first-order chi connectivity index (χ1) is 10.1. The van der Waals surface area contributed by atoms with Crippen molar-refractivity contribution in [3.8, 4) is 0 Å². The lowest BCUT2D eigenvalue weighted by Crippen LogP contribution is -2.51. The summed E-state index contributed by atoms with van der Waals surface area (Å²) >= 11 is 0. The Morgan fingerprint density at radius 1 is 1.10 bits per heavy atom. The largest absolute Gasteiger partial charge is 0.481 e. The van der Waals surface area contributed by atoms with E-state index in [1.807, 2.05) is 16.7 Å². The fraction of sp³-hybridized carbons (Fsp3) is 0.867. The predicted octanol–water partition coefficient (Wildman–Crippen LogP) is 1.80. The molecular formula is C15H26N2O4. The molecule has 1 N–H and O–H groups in total. The molecule has 0 aromatic heterocycles. The van der Waals surface area contributed by atoms with Gasteiger partial charge in [0.1, 0.15) is 0 Å².